The quantitative estimate of drug-likeness (QED) is 0.858. The molecular formula is C9H10Cl2F3N. The Bertz CT molecular complexity index is 326. The highest BCUT2D eigenvalue weighted by atomic mass is 35.5. The predicted octanol–water partition coefficient (Wildman–Crippen LogP) is 3.50. The van der Waals surface area contributed by atoms with Crippen LogP contribution in [-0.4, -0.2) is 7.05 Å². The molecule has 0 aliphatic carbocycles. The second-order valence-electron chi connectivity index (χ2n) is 2.81. The Kier molecular flexibility index (Phi) is 5.42. The number of halogens is 5. The van der Waals surface area contributed by atoms with Gasteiger partial charge < -0.3 is 5.32 Å². The molecule has 0 aliphatic rings. The number of hydrogen-bond acceptors (Lipinski definition) is 1. The van der Waals surface area contributed by atoms with Crippen LogP contribution in [0.3, 0.4) is 0 Å². The van der Waals surface area contributed by atoms with Crippen molar-refractivity contribution in [2.24, 2.45) is 0 Å². The topological polar surface area (TPSA) is 12.0 Å². The molecule has 0 aromatic heterocycles. The summed E-state index contributed by atoms with van der Waals surface area (Å²) < 4.78 is 37.1. The van der Waals surface area contributed by atoms with Gasteiger partial charge >= 0.3 is 6.18 Å². The van der Waals surface area contributed by atoms with Gasteiger partial charge in [-0.25, -0.2) is 0 Å². The fraction of sp³-hybridized carbons (Fsp3) is 0.333. The molecule has 0 atom stereocenters. The summed E-state index contributed by atoms with van der Waals surface area (Å²) in [5.74, 6) is 0. The van der Waals surface area contributed by atoms with Crippen LogP contribution in [0.5, 0.6) is 0 Å². The van der Waals surface area contributed by atoms with Crippen LogP contribution in [0.15, 0.2) is 18.2 Å². The first-order chi connectivity index (χ1) is 6.46. The van der Waals surface area contributed by atoms with Gasteiger partial charge in [0.15, 0.2) is 0 Å². The fourth-order valence-electron chi connectivity index (χ4n) is 1.13. The lowest BCUT2D eigenvalue weighted by Gasteiger charge is -2.11. The molecular weight excluding hydrogens is 250 g/mol. The van der Waals surface area contributed by atoms with Gasteiger partial charge in [-0.3, -0.25) is 0 Å². The molecule has 1 N–H and O–H groups in total. The molecule has 1 rings (SSSR count). The molecule has 0 aliphatic heterocycles. The summed E-state index contributed by atoms with van der Waals surface area (Å²) in [5.41, 5.74) is -0.337. The highest BCUT2D eigenvalue weighted by molar-refractivity contribution is 6.32. The normalized spacial score (nSPS) is 11.0. The Morgan fingerprint density at radius 3 is 2.40 bits per heavy atom. The van der Waals surface area contributed by atoms with E-state index < -0.39 is 11.7 Å². The van der Waals surface area contributed by atoms with Crippen molar-refractivity contribution < 1.29 is 13.2 Å². The molecule has 0 saturated heterocycles. The van der Waals surface area contributed by atoms with Gasteiger partial charge in [-0.2, -0.15) is 13.2 Å². The standard InChI is InChI=1S/C9H9ClF3N.ClH/c1-14-5-6-3-2-4-7(8(6)10)9(11,12)13;/h2-4,14H,5H2,1H3;1H. The third-order valence-electron chi connectivity index (χ3n) is 1.75. The SMILES string of the molecule is CNCc1cccc(C(F)(F)F)c1Cl.Cl. The van der Waals surface area contributed by atoms with Gasteiger partial charge in [0, 0.05) is 6.54 Å². The predicted molar refractivity (Wildman–Crippen MR) is 56.5 cm³/mol. The van der Waals surface area contributed by atoms with Gasteiger partial charge in [0.1, 0.15) is 0 Å². The van der Waals surface area contributed by atoms with E-state index in [-0.39, 0.29) is 17.4 Å². The first kappa shape index (κ1) is 14.5. The summed E-state index contributed by atoms with van der Waals surface area (Å²) in [6.07, 6.45) is -4.39. The molecule has 0 radical (unpaired) electrons. The van der Waals surface area contributed by atoms with Crippen LogP contribution in [-0.2, 0) is 12.7 Å². The Labute approximate surface area is 97.0 Å². The van der Waals surface area contributed by atoms with E-state index >= 15 is 0 Å². The summed E-state index contributed by atoms with van der Waals surface area (Å²) in [4.78, 5) is 0. The van der Waals surface area contributed by atoms with Crippen molar-refractivity contribution in [1.29, 1.82) is 0 Å². The highest BCUT2D eigenvalue weighted by Crippen LogP contribution is 2.35. The monoisotopic (exact) mass is 259 g/mol. The Balaban J connectivity index is 0.00000196. The Hall–Kier alpha value is -0.450. The maximum atomic E-state index is 12.4. The minimum absolute atomic E-state index is 0. The van der Waals surface area contributed by atoms with Crippen molar-refractivity contribution in [2.75, 3.05) is 7.05 Å². The zero-order valence-electron chi connectivity index (χ0n) is 7.86. The summed E-state index contributed by atoms with van der Waals surface area (Å²) in [5, 5.41) is 2.52. The van der Waals surface area contributed by atoms with Crippen LogP contribution in [0.1, 0.15) is 11.1 Å². The molecule has 0 bridgehead atoms. The lowest BCUT2D eigenvalue weighted by molar-refractivity contribution is -0.137. The number of hydrogen-bond donors (Lipinski definition) is 1. The zero-order valence-corrected chi connectivity index (χ0v) is 9.43. The van der Waals surface area contributed by atoms with Crippen molar-refractivity contribution in [3.63, 3.8) is 0 Å². The average molecular weight is 260 g/mol. The maximum Gasteiger partial charge on any atom is 0.417 e. The summed E-state index contributed by atoms with van der Waals surface area (Å²) in [6, 6.07) is 3.89. The average Bonchev–Trinajstić information content (AvgIpc) is 2.07. The van der Waals surface area contributed by atoms with Crippen molar-refractivity contribution in [1.82, 2.24) is 5.32 Å². The van der Waals surface area contributed by atoms with Crippen molar-refractivity contribution in [3.05, 3.63) is 34.3 Å². The number of alkyl halides is 3. The third kappa shape index (κ3) is 3.55. The van der Waals surface area contributed by atoms with E-state index in [1.54, 1.807) is 13.1 Å². The van der Waals surface area contributed by atoms with Gasteiger partial charge in [-0.15, -0.1) is 12.4 Å². The van der Waals surface area contributed by atoms with Crippen LogP contribution in [0.4, 0.5) is 13.2 Å². The van der Waals surface area contributed by atoms with Crippen LogP contribution in [0.2, 0.25) is 5.02 Å². The second kappa shape index (κ2) is 5.58. The van der Waals surface area contributed by atoms with E-state index in [0.29, 0.717) is 12.1 Å². The largest absolute Gasteiger partial charge is 0.417 e. The summed E-state index contributed by atoms with van der Waals surface area (Å²) >= 11 is 5.61. The van der Waals surface area contributed by atoms with E-state index in [1.165, 1.54) is 6.07 Å². The van der Waals surface area contributed by atoms with Gasteiger partial charge in [0.05, 0.1) is 10.6 Å². The molecule has 1 aromatic rings. The molecule has 0 amide bonds. The van der Waals surface area contributed by atoms with Gasteiger partial charge in [0.2, 0.25) is 0 Å². The zero-order chi connectivity index (χ0) is 10.8. The first-order valence-corrected chi connectivity index (χ1v) is 4.34. The first-order valence-electron chi connectivity index (χ1n) is 3.96. The molecule has 1 aromatic carbocycles. The van der Waals surface area contributed by atoms with E-state index in [1.807, 2.05) is 0 Å². The lowest BCUT2D eigenvalue weighted by atomic mass is 10.1. The van der Waals surface area contributed by atoms with E-state index in [9.17, 15) is 13.2 Å². The number of nitrogens with one attached hydrogen (secondary N) is 1. The smallest absolute Gasteiger partial charge is 0.316 e. The van der Waals surface area contributed by atoms with Crippen LogP contribution >= 0.6 is 24.0 Å². The summed E-state index contributed by atoms with van der Waals surface area (Å²) in [6.45, 7) is 0.322. The molecule has 0 saturated carbocycles. The Morgan fingerprint density at radius 1 is 1.33 bits per heavy atom. The minimum Gasteiger partial charge on any atom is -0.316 e. The second-order valence-corrected chi connectivity index (χ2v) is 3.18. The van der Waals surface area contributed by atoms with Crippen molar-refractivity contribution in [3.8, 4) is 0 Å². The van der Waals surface area contributed by atoms with Crippen LogP contribution in [0, 0.1) is 0 Å². The fourth-order valence-corrected chi connectivity index (χ4v) is 1.43. The van der Waals surface area contributed by atoms with Crippen molar-refractivity contribution >= 4 is 24.0 Å². The molecule has 1 nitrogen and oxygen atoms in total. The van der Waals surface area contributed by atoms with Gasteiger partial charge in [-0.05, 0) is 18.7 Å². The molecule has 0 fully saturated rings. The number of benzene rings is 1. The van der Waals surface area contributed by atoms with Crippen LogP contribution in [0.25, 0.3) is 0 Å². The maximum absolute atomic E-state index is 12.4. The molecule has 0 heterocycles. The van der Waals surface area contributed by atoms with Crippen molar-refractivity contribution in [2.45, 2.75) is 12.7 Å². The van der Waals surface area contributed by atoms with E-state index in [4.69, 9.17) is 11.6 Å². The van der Waals surface area contributed by atoms with E-state index in [2.05, 4.69) is 5.32 Å². The molecule has 15 heavy (non-hydrogen) atoms. The van der Waals surface area contributed by atoms with E-state index in [0.717, 1.165) is 6.07 Å². The molecule has 86 valence electrons. The highest BCUT2D eigenvalue weighted by Gasteiger charge is 2.33. The Morgan fingerprint density at radius 2 is 1.93 bits per heavy atom. The minimum atomic E-state index is -4.39. The molecule has 0 unspecified atom stereocenters. The number of rotatable bonds is 2. The summed E-state index contributed by atoms with van der Waals surface area (Å²) in [7, 11) is 1.65. The van der Waals surface area contributed by atoms with Crippen LogP contribution < -0.4 is 5.32 Å². The molecule has 6 heteroatoms. The molecule has 0 spiro atoms. The lowest BCUT2D eigenvalue weighted by Crippen LogP contribution is -2.10. The third-order valence-corrected chi connectivity index (χ3v) is 2.20. The van der Waals surface area contributed by atoms with Gasteiger partial charge in [0.25, 0.3) is 0 Å². The van der Waals surface area contributed by atoms with Gasteiger partial charge in [-0.1, -0.05) is 23.7 Å².